The number of hydrogen-bond donors (Lipinski definition) is 1. The largest absolute Gasteiger partial charge is 0.497 e. The minimum Gasteiger partial charge on any atom is -0.497 e. The Morgan fingerprint density at radius 1 is 1.26 bits per heavy atom. The Balaban J connectivity index is 1.62. The Bertz CT molecular complexity index is 413. The highest BCUT2D eigenvalue weighted by molar-refractivity contribution is 5.27. The Morgan fingerprint density at radius 3 is 2.63 bits per heavy atom. The molecule has 2 fully saturated rings. The maximum Gasteiger partial charge on any atom is 0.118 e. The van der Waals surface area contributed by atoms with E-state index >= 15 is 0 Å². The molecule has 1 aliphatic heterocycles. The fourth-order valence-electron chi connectivity index (χ4n) is 2.95. The van der Waals surface area contributed by atoms with Crippen molar-refractivity contribution in [2.75, 3.05) is 20.2 Å². The van der Waals surface area contributed by atoms with Gasteiger partial charge in [0.05, 0.1) is 7.11 Å². The lowest BCUT2D eigenvalue weighted by molar-refractivity contribution is 0.125. The van der Waals surface area contributed by atoms with Gasteiger partial charge in [0.25, 0.3) is 0 Å². The normalized spacial score (nSPS) is 28.3. The molecule has 104 valence electrons. The smallest absolute Gasteiger partial charge is 0.118 e. The molecule has 2 aliphatic rings. The van der Waals surface area contributed by atoms with Gasteiger partial charge in [-0.1, -0.05) is 12.1 Å². The second-order valence-corrected chi connectivity index (χ2v) is 5.98. The van der Waals surface area contributed by atoms with E-state index in [0.717, 1.165) is 30.8 Å². The summed E-state index contributed by atoms with van der Waals surface area (Å²) in [6, 6.07) is 9.81. The highest BCUT2D eigenvalue weighted by atomic mass is 16.5. The zero-order chi connectivity index (χ0) is 13.2. The molecule has 0 amide bonds. The van der Waals surface area contributed by atoms with Crippen LogP contribution >= 0.6 is 0 Å². The van der Waals surface area contributed by atoms with Crippen molar-refractivity contribution in [2.45, 2.75) is 38.4 Å². The van der Waals surface area contributed by atoms with Gasteiger partial charge in [-0.2, -0.15) is 0 Å². The summed E-state index contributed by atoms with van der Waals surface area (Å²) < 4.78 is 5.21. The highest BCUT2D eigenvalue weighted by Gasteiger charge is 2.35. The lowest BCUT2D eigenvalue weighted by atomic mass is 10.0. The van der Waals surface area contributed by atoms with Gasteiger partial charge in [0, 0.05) is 31.7 Å². The van der Waals surface area contributed by atoms with Crippen LogP contribution in [0.1, 0.15) is 25.3 Å². The molecule has 2 unspecified atom stereocenters. The number of hydrogen-bond acceptors (Lipinski definition) is 3. The Morgan fingerprint density at radius 2 is 2.00 bits per heavy atom. The third kappa shape index (κ3) is 3.10. The lowest BCUT2D eigenvalue weighted by Crippen LogP contribution is -2.55. The van der Waals surface area contributed by atoms with Crippen LogP contribution in [-0.4, -0.2) is 37.2 Å². The molecule has 19 heavy (non-hydrogen) atoms. The molecule has 1 saturated heterocycles. The lowest BCUT2D eigenvalue weighted by Gasteiger charge is -2.39. The van der Waals surface area contributed by atoms with Crippen molar-refractivity contribution < 1.29 is 4.74 Å². The minimum absolute atomic E-state index is 0.622. The van der Waals surface area contributed by atoms with Crippen molar-refractivity contribution in [3.05, 3.63) is 29.8 Å². The molecule has 3 heteroatoms. The van der Waals surface area contributed by atoms with E-state index in [1.165, 1.54) is 24.9 Å². The van der Waals surface area contributed by atoms with Gasteiger partial charge in [0.15, 0.2) is 0 Å². The van der Waals surface area contributed by atoms with Crippen LogP contribution in [0.25, 0.3) is 0 Å². The van der Waals surface area contributed by atoms with E-state index in [2.05, 4.69) is 41.4 Å². The molecule has 0 aromatic heterocycles. The number of nitrogens with one attached hydrogen (secondary N) is 1. The van der Waals surface area contributed by atoms with Crippen LogP contribution in [0.4, 0.5) is 0 Å². The summed E-state index contributed by atoms with van der Waals surface area (Å²) in [5.41, 5.74) is 1.38. The molecule has 3 rings (SSSR count). The highest BCUT2D eigenvalue weighted by Crippen LogP contribution is 2.34. The Kier molecular flexibility index (Phi) is 3.76. The quantitative estimate of drug-likeness (QED) is 0.899. The number of benzene rings is 1. The fraction of sp³-hybridized carbons (Fsp3) is 0.625. The molecule has 1 aliphatic carbocycles. The van der Waals surface area contributed by atoms with Gasteiger partial charge >= 0.3 is 0 Å². The first-order valence-electron chi connectivity index (χ1n) is 7.36. The molecule has 1 heterocycles. The molecule has 0 spiro atoms. The summed E-state index contributed by atoms with van der Waals surface area (Å²) in [5.74, 6) is 1.87. The zero-order valence-electron chi connectivity index (χ0n) is 11.9. The Labute approximate surface area is 115 Å². The predicted molar refractivity (Wildman–Crippen MR) is 77.4 cm³/mol. The van der Waals surface area contributed by atoms with Gasteiger partial charge in [0.1, 0.15) is 5.75 Å². The average Bonchev–Trinajstić information content (AvgIpc) is 3.27. The van der Waals surface area contributed by atoms with E-state index in [1.54, 1.807) is 7.11 Å². The average molecular weight is 260 g/mol. The molecule has 2 atom stereocenters. The number of methoxy groups -OCH3 is 1. The van der Waals surface area contributed by atoms with E-state index in [-0.39, 0.29) is 0 Å². The molecule has 0 radical (unpaired) electrons. The van der Waals surface area contributed by atoms with Crippen LogP contribution in [0.5, 0.6) is 5.75 Å². The number of ether oxygens (including phenoxy) is 1. The van der Waals surface area contributed by atoms with Crippen LogP contribution < -0.4 is 10.1 Å². The summed E-state index contributed by atoms with van der Waals surface area (Å²) in [5, 5.41) is 3.70. The van der Waals surface area contributed by atoms with E-state index in [1.807, 2.05) is 0 Å². The predicted octanol–water partition coefficient (Wildman–Crippen LogP) is 2.27. The van der Waals surface area contributed by atoms with E-state index < -0.39 is 0 Å². The summed E-state index contributed by atoms with van der Waals surface area (Å²) in [6.07, 6.45) is 2.84. The molecule has 3 nitrogen and oxygen atoms in total. The number of rotatable bonds is 4. The molecule has 0 bridgehead atoms. The van der Waals surface area contributed by atoms with Crippen molar-refractivity contribution in [2.24, 2.45) is 5.92 Å². The summed E-state index contributed by atoms with van der Waals surface area (Å²) in [7, 11) is 1.72. The second kappa shape index (κ2) is 5.51. The first-order chi connectivity index (χ1) is 9.26. The third-order valence-corrected chi connectivity index (χ3v) is 4.47. The van der Waals surface area contributed by atoms with Crippen molar-refractivity contribution in [1.82, 2.24) is 10.2 Å². The summed E-state index contributed by atoms with van der Waals surface area (Å²) >= 11 is 0. The van der Waals surface area contributed by atoms with Crippen LogP contribution in [0.2, 0.25) is 0 Å². The monoisotopic (exact) mass is 260 g/mol. The second-order valence-electron chi connectivity index (χ2n) is 5.98. The third-order valence-electron chi connectivity index (χ3n) is 4.47. The fourth-order valence-corrected chi connectivity index (χ4v) is 2.95. The molecule has 1 aromatic rings. The van der Waals surface area contributed by atoms with Crippen molar-refractivity contribution >= 4 is 0 Å². The van der Waals surface area contributed by atoms with Crippen molar-refractivity contribution in [3.8, 4) is 5.75 Å². The summed E-state index contributed by atoms with van der Waals surface area (Å²) in [6.45, 7) is 5.69. The molecule has 1 N–H and O–H groups in total. The van der Waals surface area contributed by atoms with Gasteiger partial charge in [-0.25, -0.2) is 0 Å². The van der Waals surface area contributed by atoms with E-state index in [9.17, 15) is 0 Å². The van der Waals surface area contributed by atoms with Crippen LogP contribution in [0, 0.1) is 5.92 Å². The molecule has 1 aromatic carbocycles. The number of piperazine rings is 1. The van der Waals surface area contributed by atoms with Gasteiger partial charge < -0.3 is 10.1 Å². The summed E-state index contributed by atoms with van der Waals surface area (Å²) in [4.78, 5) is 2.61. The van der Waals surface area contributed by atoms with Gasteiger partial charge in [-0.3, -0.25) is 4.90 Å². The van der Waals surface area contributed by atoms with Gasteiger partial charge in [0.2, 0.25) is 0 Å². The Hall–Kier alpha value is -1.06. The molecular weight excluding hydrogens is 236 g/mol. The minimum atomic E-state index is 0.622. The molecule has 1 saturated carbocycles. The first kappa shape index (κ1) is 12.9. The van der Waals surface area contributed by atoms with Crippen molar-refractivity contribution in [1.29, 1.82) is 0 Å². The van der Waals surface area contributed by atoms with Gasteiger partial charge in [-0.05, 0) is 43.4 Å². The standard InChI is InChI=1S/C16H24N2O/c1-12-9-17-16(14-5-6-14)11-18(12)10-13-3-7-15(19-2)8-4-13/h3-4,7-8,12,14,16-17H,5-6,9-11H2,1-2H3. The van der Waals surface area contributed by atoms with E-state index in [0.29, 0.717) is 6.04 Å². The maximum absolute atomic E-state index is 5.21. The zero-order valence-corrected chi connectivity index (χ0v) is 11.9. The SMILES string of the molecule is COc1ccc(CN2CC(C3CC3)NCC2C)cc1. The first-order valence-corrected chi connectivity index (χ1v) is 7.36. The van der Waals surface area contributed by atoms with Gasteiger partial charge in [-0.15, -0.1) is 0 Å². The molecular formula is C16H24N2O. The van der Waals surface area contributed by atoms with E-state index in [4.69, 9.17) is 4.74 Å². The topological polar surface area (TPSA) is 24.5 Å². The number of nitrogens with zero attached hydrogens (tertiary/aromatic N) is 1. The van der Waals surface area contributed by atoms with Crippen molar-refractivity contribution in [3.63, 3.8) is 0 Å². The van der Waals surface area contributed by atoms with Crippen LogP contribution in [0.15, 0.2) is 24.3 Å². The van der Waals surface area contributed by atoms with Crippen LogP contribution in [-0.2, 0) is 6.54 Å². The van der Waals surface area contributed by atoms with Crippen LogP contribution in [0.3, 0.4) is 0 Å². The maximum atomic E-state index is 5.21.